The summed E-state index contributed by atoms with van der Waals surface area (Å²) in [6.45, 7) is 0. The van der Waals surface area contributed by atoms with Crippen molar-refractivity contribution in [3.8, 4) is 0 Å². The summed E-state index contributed by atoms with van der Waals surface area (Å²) in [5.74, 6) is 2.47. The van der Waals surface area contributed by atoms with Gasteiger partial charge in [0, 0.05) is 0 Å². The Balaban J connectivity index is 1.73. The number of hydrogen-bond acceptors (Lipinski definition) is 0. The lowest BCUT2D eigenvalue weighted by Gasteiger charge is -2.21. The molecule has 0 heteroatoms. The molecule has 3 rings (SSSR count). The molecule has 0 aromatic heterocycles. The molecule has 0 radical (unpaired) electrons. The third-order valence-corrected chi connectivity index (χ3v) is 4.05. The largest absolute Gasteiger partial charge is 0.0808 e. The first-order valence-corrected chi connectivity index (χ1v) is 6.32. The van der Waals surface area contributed by atoms with Crippen LogP contribution >= 0.6 is 0 Å². The first kappa shape index (κ1) is 9.89. The van der Waals surface area contributed by atoms with Crippen molar-refractivity contribution in [1.29, 1.82) is 0 Å². The van der Waals surface area contributed by atoms with Gasteiger partial charge in [0.2, 0.25) is 0 Å². The first-order valence-electron chi connectivity index (χ1n) is 6.32. The Morgan fingerprint density at radius 3 is 2.62 bits per heavy atom. The second-order valence-electron chi connectivity index (χ2n) is 5.04. The SMILES string of the molecule is C1=CC2CC[C@H](Cc3ccccc3)[C@@H]2C=C1. The molecule has 0 spiro atoms. The third kappa shape index (κ3) is 1.84. The number of fused-ring (bicyclic) bond motifs is 1. The van der Waals surface area contributed by atoms with Crippen LogP contribution in [-0.2, 0) is 6.42 Å². The van der Waals surface area contributed by atoms with Crippen LogP contribution in [0.4, 0.5) is 0 Å². The first-order chi connectivity index (χ1) is 7.93. The molecule has 1 aromatic rings. The van der Waals surface area contributed by atoms with E-state index in [4.69, 9.17) is 0 Å². The molecule has 1 fully saturated rings. The molecular formula is C16H18. The maximum atomic E-state index is 2.42. The van der Waals surface area contributed by atoms with Crippen molar-refractivity contribution < 1.29 is 0 Å². The molecule has 1 saturated carbocycles. The fourth-order valence-electron chi connectivity index (χ4n) is 3.22. The van der Waals surface area contributed by atoms with Crippen molar-refractivity contribution in [2.24, 2.45) is 17.8 Å². The minimum absolute atomic E-state index is 0.796. The Labute approximate surface area is 97.7 Å². The molecule has 0 bridgehead atoms. The number of benzene rings is 1. The predicted molar refractivity (Wildman–Crippen MR) is 68.1 cm³/mol. The Bertz CT molecular complexity index is 399. The Morgan fingerprint density at radius 1 is 0.938 bits per heavy atom. The highest BCUT2D eigenvalue weighted by molar-refractivity contribution is 5.20. The highest BCUT2D eigenvalue weighted by atomic mass is 14.4. The number of allylic oxidation sites excluding steroid dienone is 4. The average Bonchev–Trinajstić information content (AvgIpc) is 2.74. The summed E-state index contributed by atoms with van der Waals surface area (Å²) in [4.78, 5) is 0. The maximum Gasteiger partial charge on any atom is -0.0136 e. The van der Waals surface area contributed by atoms with E-state index < -0.39 is 0 Å². The van der Waals surface area contributed by atoms with Crippen molar-refractivity contribution in [3.05, 3.63) is 60.2 Å². The van der Waals surface area contributed by atoms with Gasteiger partial charge in [-0.2, -0.15) is 0 Å². The van der Waals surface area contributed by atoms with Crippen LogP contribution in [0.15, 0.2) is 54.6 Å². The molecule has 1 aromatic carbocycles. The zero-order valence-electron chi connectivity index (χ0n) is 9.55. The normalized spacial score (nSPS) is 31.6. The second kappa shape index (κ2) is 4.29. The third-order valence-electron chi connectivity index (χ3n) is 4.05. The van der Waals surface area contributed by atoms with E-state index in [1.54, 1.807) is 0 Å². The molecule has 0 heterocycles. The van der Waals surface area contributed by atoms with Gasteiger partial charge in [-0.3, -0.25) is 0 Å². The molecule has 1 unspecified atom stereocenters. The molecule has 0 aliphatic heterocycles. The van der Waals surface area contributed by atoms with E-state index in [0.29, 0.717) is 0 Å². The van der Waals surface area contributed by atoms with Gasteiger partial charge in [-0.1, -0.05) is 54.6 Å². The van der Waals surface area contributed by atoms with Gasteiger partial charge < -0.3 is 0 Å². The maximum absolute atomic E-state index is 2.42. The lowest BCUT2D eigenvalue weighted by molar-refractivity contribution is 0.417. The Kier molecular flexibility index (Phi) is 2.65. The van der Waals surface area contributed by atoms with Crippen LogP contribution in [0.1, 0.15) is 18.4 Å². The van der Waals surface area contributed by atoms with Crippen LogP contribution in [0.25, 0.3) is 0 Å². The minimum atomic E-state index is 0.796. The number of hydrogen-bond donors (Lipinski definition) is 0. The quantitative estimate of drug-likeness (QED) is 0.692. The smallest absolute Gasteiger partial charge is 0.0136 e. The van der Waals surface area contributed by atoms with Crippen molar-refractivity contribution in [2.45, 2.75) is 19.3 Å². The zero-order chi connectivity index (χ0) is 10.8. The summed E-state index contributed by atoms with van der Waals surface area (Å²) in [6.07, 6.45) is 13.3. The highest BCUT2D eigenvalue weighted by Gasteiger charge is 2.33. The molecule has 0 N–H and O–H groups in total. The molecule has 2 aliphatic rings. The van der Waals surface area contributed by atoms with Crippen LogP contribution < -0.4 is 0 Å². The van der Waals surface area contributed by atoms with Gasteiger partial charge in [0.1, 0.15) is 0 Å². The summed E-state index contributed by atoms with van der Waals surface area (Å²) < 4.78 is 0. The average molecular weight is 210 g/mol. The molecule has 82 valence electrons. The fraction of sp³-hybridized carbons (Fsp3) is 0.375. The van der Waals surface area contributed by atoms with Gasteiger partial charge in [0.25, 0.3) is 0 Å². The monoisotopic (exact) mass is 210 g/mol. The van der Waals surface area contributed by atoms with E-state index in [1.165, 1.54) is 24.8 Å². The lowest BCUT2D eigenvalue weighted by atomic mass is 9.83. The summed E-state index contributed by atoms with van der Waals surface area (Å²) in [7, 11) is 0. The molecule has 0 nitrogen and oxygen atoms in total. The van der Waals surface area contributed by atoms with Gasteiger partial charge in [0.15, 0.2) is 0 Å². The standard InChI is InChI=1S/C16H18/c1-2-6-13(7-3-1)12-15-11-10-14-8-4-5-9-16(14)15/h1-9,14-16H,10-12H2/t14?,15-,16-/m1/s1. The summed E-state index contributed by atoms with van der Waals surface area (Å²) >= 11 is 0. The molecule has 0 saturated heterocycles. The van der Waals surface area contributed by atoms with Crippen LogP contribution in [0.3, 0.4) is 0 Å². The van der Waals surface area contributed by atoms with Gasteiger partial charge >= 0.3 is 0 Å². The van der Waals surface area contributed by atoms with E-state index in [0.717, 1.165) is 17.8 Å². The Hall–Kier alpha value is -1.30. The van der Waals surface area contributed by atoms with Crippen molar-refractivity contribution in [2.75, 3.05) is 0 Å². The van der Waals surface area contributed by atoms with Crippen LogP contribution in [0.5, 0.6) is 0 Å². The molecule has 16 heavy (non-hydrogen) atoms. The summed E-state index contributed by atoms with van der Waals surface area (Å²) in [5, 5.41) is 0. The molecule has 2 aliphatic carbocycles. The van der Waals surface area contributed by atoms with Crippen LogP contribution in [0, 0.1) is 17.8 Å². The summed E-state index contributed by atoms with van der Waals surface area (Å²) in [5.41, 5.74) is 1.50. The van der Waals surface area contributed by atoms with Crippen molar-refractivity contribution >= 4 is 0 Å². The molecular weight excluding hydrogens is 192 g/mol. The topological polar surface area (TPSA) is 0 Å². The van der Waals surface area contributed by atoms with Gasteiger partial charge in [0.05, 0.1) is 0 Å². The predicted octanol–water partition coefficient (Wildman–Crippen LogP) is 4.00. The van der Waals surface area contributed by atoms with E-state index in [-0.39, 0.29) is 0 Å². The number of rotatable bonds is 2. The van der Waals surface area contributed by atoms with Gasteiger partial charge in [-0.05, 0) is 42.6 Å². The Morgan fingerprint density at radius 2 is 1.75 bits per heavy atom. The van der Waals surface area contributed by atoms with Gasteiger partial charge in [-0.15, -0.1) is 0 Å². The zero-order valence-corrected chi connectivity index (χ0v) is 9.55. The van der Waals surface area contributed by atoms with Crippen LogP contribution in [0.2, 0.25) is 0 Å². The van der Waals surface area contributed by atoms with E-state index >= 15 is 0 Å². The van der Waals surface area contributed by atoms with Crippen molar-refractivity contribution in [3.63, 3.8) is 0 Å². The lowest BCUT2D eigenvalue weighted by Crippen LogP contribution is -2.14. The highest BCUT2D eigenvalue weighted by Crippen LogP contribution is 2.41. The van der Waals surface area contributed by atoms with Crippen LogP contribution in [-0.4, -0.2) is 0 Å². The minimum Gasteiger partial charge on any atom is -0.0808 e. The van der Waals surface area contributed by atoms with E-state index in [9.17, 15) is 0 Å². The summed E-state index contributed by atoms with van der Waals surface area (Å²) in [6, 6.07) is 10.9. The van der Waals surface area contributed by atoms with E-state index in [2.05, 4.69) is 54.6 Å². The van der Waals surface area contributed by atoms with E-state index in [1.807, 2.05) is 0 Å². The second-order valence-corrected chi connectivity index (χ2v) is 5.04. The van der Waals surface area contributed by atoms with Crippen molar-refractivity contribution in [1.82, 2.24) is 0 Å². The molecule has 0 amide bonds. The fourth-order valence-corrected chi connectivity index (χ4v) is 3.22. The molecule has 3 atom stereocenters. The van der Waals surface area contributed by atoms with Gasteiger partial charge in [-0.25, -0.2) is 0 Å².